The zero-order chi connectivity index (χ0) is 14.1. The lowest BCUT2D eigenvalue weighted by molar-refractivity contribution is 0.226. The first-order valence-electron chi connectivity index (χ1n) is 5.01. The van der Waals surface area contributed by atoms with Gasteiger partial charge in [0.15, 0.2) is 23.3 Å². The summed E-state index contributed by atoms with van der Waals surface area (Å²) in [5, 5.41) is -1.01. The lowest BCUT2D eigenvalue weighted by Crippen LogP contribution is -2.54. The summed E-state index contributed by atoms with van der Waals surface area (Å²) in [4.78, 5) is 0. The first-order valence-corrected chi connectivity index (χ1v) is 7.32. The van der Waals surface area contributed by atoms with Crippen LogP contribution in [0.2, 0.25) is 6.55 Å². The van der Waals surface area contributed by atoms with E-state index in [1.165, 1.54) is 13.5 Å². The Morgan fingerprint density at radius 2 is 1.28 bits per heavy atom. The maximum Gasteiger partial charge on any atom is 0.375 e. The van der Waals surface area contributed by atoms with Crippen molar-refractivity contribution in [2.75, 3.05) is 13.7 Å². The minimum atomic E-state index is -3.67. The van der Waals surface area contributed by atoms with Crippen molar-refractivity contribution in [3.63, 3.8) is 0 Å². The summed E-state index contributed by atoms with van der Waals surface area (Å²) in [6.45, 7) is 2.75. The lowest BCUT2D eigenvalue weighted by atomic mass is 10.3. The molecule has 0 aliphatic carbocycles. The first-order chi connectivity index (χ1) is 8.30. The van der Waals surface area contributed by atoms with Gasteiger partial charge >= 0.3 is 8.56 Å². The molecular formula is C10H11F5O2Si. The average molecular weight is 286 g/mol. The predicted octanol–water partition coefficient (Wildman–Crippen LogP) is 2.34. The van der Waals surface area contributed by atoms with Gasteiger partial charge in [0.2, 0.25) is 5.82 Å². The van der Waals surface area contributed by atoms with Gasteiger partial charge in [-0.3, -0.25) is 0 Å². The summed E-state index contributed by atoms with van der Waals surface area (Å²) in [6, 6.07) is 0. The summed E-state index contributed by atoms with van der Waals surface area (Å²) in [7, 11) is -2.57. The molecule has 2 nitrogen and oxygen atoms in total. The molecule has 0 spiro atoms. The fourth-order valence-electron chi connectivity index (χ4n) is 1.51. The number of halogens is 5. The Morgan fingerprint density at radius 1 is 0.889 bits per heavy atom. The van der Waals surface area contributed by atoms with E-state index in [0.717, 1.165) is 7.11 Å². The zero-order valence-electron chi connectivity index (χ0n) is 9.91. The summed E-state index contributed by atoms with van der Waals surface area (Å²) in [6.07, 6.45) is 0. The molecule has 0 heterocycles. The maximum absolute atomic E-state index is 13.6. The standard InChI is InChI=1S/C10H11F5O2Si/c1-4-17-18(3,16-2)10-8(14)6(12)5(11)7(13)9(10)15/h4H2,1-3H3. The number of benzene rings is 1. The van der Waals surface area contributed by atoms with E-state index in [2.05, 4.69) is 0 Å². The van der Waals surface area contributed by atoms with Crippen molar-refractivity contribution < 1.29 is 30.8 Å². The number of hydrogen-bond donors (Lipinski definition) is 0. The van der Waals surface area contributed by atoms with Crippen LogP contribution in [0.1, 0.15) is 6.92 Å². The second-order valence-electron chi connectivity index (χ2n) is 3.53. The van der Waals surface area contributed by atoms with Gasteiger partial charge in [-0.15, -0.1) is 0 Å². The molecule has 0 aliphatic rings. The van der Waals surface area contributed by atoms with E-state index in [9.17, 15) is 22.0 Å². The van der Waals surface area contributed by atoms with Gasteiger partial charge in [-0.05, 0) is 13.5 Å². The van der Waals surface area contributed by atoms with Crippen molar-refractivity contribution in [1.82, 2.24) is 0 Å². The highest BCUT2D eigenvalue weighted by Gasteiger charge is 2.42. The third kappa shape index (κ3) is 2.27. The molecule has 102 valence electrons. The smallest absolute Gasteiger partial charge is 0.375 e. The van der Waals surface area contributed by atoms with Crippen LogP contribution in [0.4, 0.5) is 22.0 Å². The van der Waals surface area contributed by atoms with Crippen molar-refractivity contribution in [2.45, 2.75) is 13.5 Å². The predicted molar refractivity (Wildman–Crippen MR) is 56.1 cm³/mol. The van der Waals surface area contributed by atoms with Crippen LogP contribution in [0.25, 0.3) is 0 Å². The first kappa shape index (κ1) is 15.1. The van der Waals surface area contributed by atoms with Gasteiger partial charge in [0, 0.05) is 13.7 Å². The highest BCUT2D eigenvalue weighted by atomic mass is 28.4. The van der Waals surface area contributed by atoms with Crippen LogP contribution in [0.3, 0.4) is 0 Å². The molecule has 0 aliphatic heterocycles. The third-order valence-electron chi connectivity index (χ3n) is 2.47. The molecule has 1 rings (SSSR count). The molecule has 0 bridgehead atoms. The Kier molecular flexibility index (Phi) is 4.46. The van der Waals surface area contributed by atoms with E-state index in [1.807, 2.05) is 0 Å². The van der Waals surface area contributed by atoms with Crippen molar-refractivity contribution in [1.29, 1.82) is 0 Å². The van der Waals surface area contributed by atoms with E-state index in [4.69, 9.17) is 8.85 Å². The van der Waals surface area contributed by atoms with Gasteiger partial charge in [-0.25, -0.2) is 22.0 Å². The monoisotopic (exact) mass is 286 g/mol. The minimum Gasteiger partial charge on any atom is -0.394 e. The van der Waals surface area contributed by atoms with Crippen molar-refractivity contribution in [2.24, 2.45) is 0 Å². The van der Waals surface area contributed by atoms with Crippen LogP contribution in [0.5, 0.6) is 0 Å². The quantitative estimate of drug-likeness (QED) is 0.366. The second-order valence-corrected chi connectivity index (χ2v) is 6.62. The molecule has 18 heavy (non-hydrogen) atoms. The molecule has 0 saturated heterocycles. The Hall–Kier alpha value is -0.993. The molecular weight excluding hydrogens is 275 g/mol. The summed E-state index contributed by atoms with van der Waals surface area (Å²) in [5.74, 6) is -10.0. The second kappa shape index (κ2) is 5.33. The minimum absolute atomic E-state index is 0.0239. The van der Waals surface area contributed by atoms with Crippen LogP contribution < -0.4 is 5.19 Å². The maximum atomic E-state index is 13.6. The van der Waals surface area contributed by atoms with Gasteiger partial charge in [-0.2, -0.15) is 0 Å². The van der Waals surface area contributed by atoms with Gasteiger partial charge in [0.05, 0.1) is 5.19 Å². The summed E-state index contributed by atoms with van der Waals surface area (Å²) >= 11 is 0. The molecule has 1 aromatic rings. The lowest BCUT2D eigenvalue weighted by Gasteiger charge is -2.25. The summed E-state index contributed by atoms with van der Waals surface area (Å²) < 4.78 is 76.0. The van der Waals surface area contributed by atoms with Gasteiger partial charge in [0.1, 0.15) is 0 Å². The molecule has 0 aromatic heterocycles. The highest BCUT2D eigenvalue weighted by molar-refractivity contribution is 6.80. The van der Waals surface area contributed by atoms with Crippen molar-refractivity contribution in [3.8, 4) is 0 Å². The number of rotatable bonds is 4. The van der Waals surface area contributed by atoms with Crippen LogP contribution >= 0.6 is 0 Å². The summed E-state index contributed by atoms with van der Waals surface area (Å²) in [5.41, 5.74) is 0. The molecule has 1 aromatic carbocycles. The fourth-order valence-corrected chi connectivity index (χ4v) is 3.55. The van der Waals surface area contributed by atoms with Crippen molar-refractivity contribution >= 4 is 13.7 Å². The Balaban J connectivity index is 3.59. The Morgan fingerprint density at radius 3 is 1.61 bits per heavy atom. The fraction of sp³-hybridized carbons (Fsp3) is 0.400. The molecule has 0 fully saturated rings. The third-order valence-corrected chi connectivity index (χ3v) is 5.44. The van der Waals surface area contributed by atoms with Crippen LogP contribution in [0.15, 0.2) is 0 Å². The van der Waals surface area contributed by atoms with Gasteiger partial charge in [0.25, 0.3) is 0 Å². The van der Waals surface area contributed by atoms with E-state index >= 15 is 0 Å². The topological polar surface area (TPSA) is 18.5 Å². The molecule has 0 amide bonds. The van der Waals surface area contributed by atoms with E-state index in [-0.39, 0.29) is 6.61 Å². The van der Waals surface area contributed by atoms with Crippen LogP contribution in [-0.2, 0) is 8.85 Å². The van der Waals surface area contributed by atoms with Crippen LogP contribution in [0, 0.1) is 29.1 Å². The highest BCUT2D eigenvalue weighted by Crippen LogP contribution is 2.20. The molecule has 0 saturated carbocycles. The Bertz CT molecular complexity index is 439. The van der Waals surface area contributed by atoms with Gasteiger partial charge in [-0.1, -0.05) is 0 Å². The molecule has 0 N–H and O–H groups in total. The van der Waals surface area contributed by atoms with E-state index < -0.39 is 42.8 Å². The van der Waals surface area contributed by atoms with E-state index in [0.29, 0.717) is 0 Å². The molecule has 0 radical (unpaired) electrons. The number of hydrogen-bond acceptors (Lipinski definition) is 2. The SMILES string of the molecule is CCO[Si](C)(OC)c1c(F)c(F)c(F)c(F)c1F. The Labute approximate surface area is 102 Å². The van der Waals surface area contributed by atoms with E-state index in [1.54, 1.807) is 0 Å². The van der Waals surface area contributed by atoms with Crippen molar-refractivity contribution in [3.05, 3.63) is 29.1 Å². The molecule has 1 atom stereocenters. The molecule has 8 heteroatoms. The normalized spacial score (nSPS) is 14.7. The van der Waals surface area contributed by atoms with Crippen LogP contribution in [-0.4, -0.2) is 22.3 Å². The zero-order valence-corrected chi connectivity index (χ0v) is 10.9. The molecule has 1 unspecified atom stereocenters. The largest absolute Gasteiger partial charge is 0.394 e. The van der Waals surface area contributed by atoms with Gasteiger partial charge < -0.3 is 8.85 Å². The average Bonchev–Trinajstić information content (AvgIpc) is 2.34.